The topological polar surface area (TPSA) is 81.7 Å². The number of hydrogen-bond acceptors (Lipinski definition) is 7. The Kier molecular flexibility index (Phi) is 5.97. The van der Waals surface area contributed by atoms with Gasteiger partial charge in [-0.15, -0.1) is 5.10 Å². The van der Waals surface area contributed by atoms with E-state index >= 15 is 0 Å². The zero-order valence-electron chi connectivity index (χ0n) is 21.2. The summed E-state index contributed by atoms with van der Waals surface area (Å²) in [6.45, 7) is 7.41. The van der Waals surface area contributed by atoms with Gasteiger partial charge < -0.3 is 24.3 Å². The lowest BCUT2D eigenvalue weighted by molar-refractivity contribution is 0.122. The minimum Gasteiger partial charge on any atom is -0.494 e. The lowest BCUT2D eigenvalue weighted by atomic mass is 10.0. The third-order valence-corrected chi connectivity index (χ3v) is 6.55. The molecule has 1 fully saturated rings. The van der Waals surface area contributed by atoms with E-state index in [1.807, 2.05) is 46.6 Å². The van der Waals surface area contributed by atoms with Crippen molar-refractivity contribution in [2.75, 3.05) is 43.6 Å². The van der Waals surface area contributed by atoms with Crippen LogP contribution in [0.1, 0.15) is 11.3 Å². The van der Waals surface area contributed by atoms with Crippen molar-refractivity contribution in [3.05, 3.63) is 78.5 Å². The van der Waals surface area contributed by atoms with E-state index in [0.717, 1.165) is 71.5 Å². The van der Waals surface area contributed by atoms with E-state index in [1.165, 1.54) is 5.69 Å². The summed E-state index contributed by atoms with van der Waals surface area (Å²) in [7, 11) is 1.66. The summed E-state index contributed by atoms with van der Waals surface area (Å²) in [5.74, 6) is 1.24. The van der Waals surface area contributed by atoms with Crippen molar-refractivity contribution in [2.24, 2.45) is 0 Å². The highest BCUT2D eigenvalue weighted by atomic mass is 16.5. The summed E-state index contributed by atoms with van der Waals surface area (Å²) in [5.41, 5.74) is 7.95. The average molecular weight is 496 g/mol. The van der Waals surface area contributed by atoms with Gasteiger partial charge in [0.25, 0.3) is 0 Å². The molecule has 1 N–H and O–H groups in total. The number of anilines is 3. The van der Waals surface area contributed by atoms with Crippen LogP contribution in [0.4, 0.5) is 17.3 Å². The number of aryl methyl sites for hydroxylation is 2. The van der Waals surface area contributed by atoms with Gasteiger partial charge in [0.1, 0.15) is 5.75 Å². The lowest BCUT2D eigenvalue weighted by Crippen LogP contribution is -2.36. The molecular weight excluding hydrogens is 466 g/mol. The third-order valence-electron chi connectivity index (χ3n) is 6.55. The van der Waals surface area contributed by atoms with Gasteiger partial charge in [-0.25, -0.2) is 9.50 Å². The molecule has 6 rings (SSSR count). The average Bonchev–Trinajstić information content (AvgIpc) is 3.54. The molecule has 0 spiro atoms. The number of nitrogens with one attached hydrogen (secondary N) is 1. The number of morpholine rings is 1. The highest BCUT2D eigenvalue weighted by Crippen LogP contribution is 2.30. The van der Waals surface area contributed by atoms with E-state index in [4.69, 9.17) is 19.6 Å². The van der Waals surface area contributed by atoms with E-state index in [2.05, 4.69) is 52.5 Å². The maximum Gasteiger partial charge on any atom is 0.247 e. The third kappa shape index (κ3) is 4.61. The number of hydrogen-bond donors (Lipinski definition) is 1. The Morgan fingerprint density at radius 1 is 0.973 bits per heavy atom. The molecule has 1 aliphatic heterocycles. The van der Waals surface area contributed by atoms with E-state index in [9.17, 15) is 0 Å². The molecule has 9 nitrogen and oxygen atoms in total. The number of methoxy groups -OCH3 is 1. The standard InChI is InChI=1S/C28H29N7O2/c1-19-14-24(21-4-7-23(8-5-21)33-10-12-37-13-11-33)27-31-28(32-35(27)16-19)30-22-6-9-25(26(15-22)36-3)34-17-20(2)29-18-34/h4-9,14-18H,10-13H2,1-3H3,(H,30,32). The van der Waals surface area contributed by atoms with Crippen LogP contribution >= 0.6 is 0 Å². The Bertz CT molecular complexity index is 1550. The van der Waals surface area contributed by atoms with Gasteiger partial charge >= 0.3 is 0 Å². The van der Waals surface area contributed by atoms with E-state index in [0.29, 0.717) is 5.95 Å². The zero-order chi connectivity index (χ0) is 25.4. The van der Waals surface area contributed by atoms with Crippen molar-refractivity contribution in [3.63, 3.8) is 0 Å². The number of pyridine rings is 1. The summed E-state index contributed by atoms with van der Waals surface area (Å²) < 4.78 is 14.9. The number of ether oxygens (including phenoxy) is 2. The smallest absolute Gasteiger partial charge is 0.247 e. The van der Waals surface area contributed by atoms with Gasteiger partial charge in [-0.3, -0.25) is 0 Å². The van der Waals surface area contributed by atoms with Gasteiger partial charge in [0, 0.05) is 48.5 Å². The minimum absolute atomic E-state index is 0.519. The predicted molar refractivity (Wildman–Crippen MR) is 144 cm³/mol. The largest absolute Gasteiger partial charge is 0.494 e. The molecule has 0 radical (unpaired) electrons. The second kappa shape index (κ2) is 9.59. The van der Waals surface area contributed by atoms with Crippen LogP contribution in [0.2, 0.25) is 0 Å². The summed E-state index contributed by atoms with van der Waals surface area (Å²) in [4.78, 5) is 11.5. The SMILES string of the molecule is COc1cc(Nc2nc3c(-c4ccc(N5CCOCC5)cc4)cc(C)cn3n2)ccc1-n1cnc(C)c1. The summed E-state index contributed by atoms with van der Waals surface area (Å²) in [5, 5.41) is 8.04. The maximum absolute atomic E-state index is 5.65. The fourth-order valence-electron chi connectivity index (χ4n) is 4.71. The van der Waals surface area contributed by atoms with Crippen molar-refractivity contribution in [3.8, 4) is 22.6 Å². The first-order chi connectivity index (χ1) is 18.1. The molecule has 5 aromatic rings. The fourth-order valence-corrected chi connectivity index (χ4v) is 4.71. The second-order valence-corrected chi connectivity index (χ2v) is 9.21. The van der Waals surface area contributed by atoms with Crippen LogP contribution in [0.3, 0.4) is 0 Å². The number of imidazole rings is 1. The predicted octanol–water partition coefficient (Wildman–Crippen LogP) is 4.79. The van der Waals surface area contributed by atoms with Crippen LogP contribution in [0.5, 0.6) is 5.75 Å². The second-order valence-electron chi connectivity index (χ2n) is 9.21. The Balaban J connectivity index is 1.29. The first kappa shape index (κ1) is 23.1. The molecule has 1 aliphatic rings. The molecule has 4 heterocycles. The molecule has 9 heteroatoms. The normalized spacial score (nSPS) is 13.8. The summed E-state index contributed by atoms with van der Waals surface area (Å²) >= 11 is 0. The van der Waals surface area contributed by atoms with Crippen molar-refractivity contribution in [1.29, 1.82) is 0 Å². The Labute approximate surface area is 215 Å². The number of benzene rings is 2. The number of nitrogens with zero attached hydrogens (tertiary/aromatic N) is 6. The number of rotatable bonds is 6. The molecule has 0 atom stereocenters. The molecule has 0 unspecified atom stereocenters. The fraction of sp³-hybridized carbons (Fsp3) is 0.250. The van der Waals surface area contributed by atoms with Crippen LogP contribution < -0.4 is 15.0 Å². The molecule has 188 valence electrons. The van der Waals surface area contributed by atoms with Crippen molar-refractivity contribution < 1.29 is 9.47 Å². The Morgan fingerprint density at radius 2 is 1.78 bits per heavy atom. The molecule has 0 aliphatic carbocycles. The minimum atomic E-state index is 0.519. The molecule has 37 heavy (non-hydrogen) atoms. The Morgan fingerprint density at radius 3 is 2.51 bits per heavy atom. The number of fused-ring (bicyclic) bond motifs is 1. The highest BCUT2D eigenvalue weighted by molar-refractivity contribution is 5.80. The highest BCUT2D eigenvalue weighted by Gasteiger charge is 2.15. The molecule has 1 saturated heterocycles. The van der Waals surface area contributed by atoms with Gasteiger partial charge in [0.05, 0.1) is 38.0 Å². The van der Waals surface area contributed by atoms with E-state index in [-0.39, 0.29) is 0 Å². The van der Waals surface area contributed by atoms with Gasteiger partial charge in [-0.2, -0.15) is 4.98 Å². The van der Waals surface area contributed by atoms with Crippen LogP contribution in [-0.2, 0) is 4.74 Å². The molecule has 3 aromatic heterocycles. The van der Waals surface area contributed by atoms with Gasteiger partial charge in [0.2, 0.25) is 5.95 Å². The lowest BCUT2D eigenvalue weighted by Gasteiger charge is -2.28. The summed E-state index contributed by atoms with van der Waals surface area (Å²) in [6.07, 6.45) is 5.73. The molecule has 0 amide bonds. The van der Waals surface area contributed by atoms with Crippen molar-refractivity contribution >= 4 is 23.0 Å². The molecular formula is C28H29N7O2. The Hall–Kier alpha value is -4.37. The van der Waals surface area contributed by atoms with Crippen LogP contribution in [0, 0.1) is 13.8 Å². The quantitative estimate of drug-likeness (QED) is 0.363. The molecule has 0 bridgehead atoms. The molecule has 2 aromatic carbocycles. The van der Waals surface area contributed by atoms with Gasteiger partial charge in [-0.1, -0.05) is 12.1 Å². The number of aromatic nitrogens is 5. The van der Waals surface area contributed by atoms with Crippen molar-refractivity contribution in [2.45, 2.75) is 13.8 Å². The molecule has 0 saturated carbocycles. The van der Waals surface area contributed by atoms with E-state index < -0.39 is 0 Å². The first-order valence-electron chi connectivity index (χ1n) is 12.3. The van der Waals surface area contributed by atoms with Gasteiger partial charge in [0.15, 0.2) is 5.65 Å². The van der Waals surface area contributed by atoms with Crippen LogP contribution in [-0.4, -0.2) is 57.6 Å². The zero-order valence-corrected chi connectivity index (χ0v) is 21.2. The van der Waals surface area contributed by atoms with Crippen LogP contribution in [0.25, 0.3) is 22.5 Å². The van der Waals surface area contributed by atoms with E-state index in [1.54, 1.807) is 13.4 Å². The summed E-state index contributed by atoms with van der Waals surface area (Å²) in [6, 6.07) is 16.7. The maximum atomic E-state index is 5.65. The monoisotopic (exact) mass is 495 g/mol. The van der Waals surface area contributed by atoms with Crippen molar-refractivity contribution in [1.82, 2.24) is 24.1 Å². The van der Waals surface area contributed by atoms with Gasteiger partial charge in [-0.05, 0) is 55.3 Å². The van der Waals surface area contributed by atoms with Crippen LogP contribution in [0.15, 0.2) is 67.3 Å². The first-order valence-corrected chi connectivity index (χ1v) is 12.3.